The van der Waals surface area contributed by atoms with E-state index in [0.29, 0.717) is 0 Å². The van der Waals surface area contributed by atoms with Gasteiger partial charge in [0.25, 0.3) is 0 Å². The lowest BCUT2D eigenvalue weighted by Crippen LogP contribution is -2.16. The lowest BCUT2D eigenvalue weighted by molar-refractivity contribution is -0.118. The van der Waals surface area contributed by atoms with Crippen molar-refractivity contribution >= 4 is 17.5 Å². The summed E-state index contributed by atoms with van der Waals surface area (Å²) < 4.78 is 0. The van der Waals surface area contributed by atoms with Crippen molar-refractivity contribution in [1.82, 2.24) is 5.32 Å². The maximum atomic E-state index is 9.85. The zero-order valence-corrected chi connectivity index (χ0v) is 4.25. The first kappa shape index (κ1) is 5.76. The van der Waals surface area contributed by atoms with E-state index in [0.717, 1.165) is 0 Å². The molecule has 0 radical (unpaired) electrons. The summed E-state index contributed by atoms with van der Waals surface area (Å²) in [5.74, 6) is -0.0926. The molecule has 6 heavy (non-hydrogen) atoms. The molecule has 1 amide bonds. The normalized spacial score (nSPS) is 7.67. The Morgan fingerprint density at radius 1 is 2.00 bits per heavy atom. The number of alkyl halides is 1. The van der Waals surface area contributed by atoms with Gasteiger partial charge < -0.3 is 5.32 Å². The van der Waals surface area contributed by atoms with E-state index in [1.165, 1.54) is 6.92 Å². The fraction of sp³-hybridized carbons (Fsp3) is 0.667. The molecule has 1 N–H and O–H groups in total. The van der Waals surface area contributed by atoms with Crippen molar-refractivity contribution in [3.05, 3.63) is 0 Å². The summed E-state index contributed by atoms with van der Waals surface area (Å²) in [6.45, 7) is 1.42. The highest BCUT2D eigenvalue weighted by Crippen LogP contribution is 1.63. The summed E-state index contributed by atoms with van der Waals surface area (Å²) in [6, 6.07) is 0.204. The first-order valence-corrected chi connectivity index (χ1v) is 2.11. The van der Waals surface area contributed by atoms with Crippen LogP contribution >= 0.6 is 11.6 Å². The van der Waals surface area contributed by atoms with E-state index in [-0.39, 0.29) is 11.9 Å². The number of rotatable bonds is 1. The average molecular weight is 108 g/mol. The van der Waals surface area contributed by atoms with E-state index in [9.17, 15) is 4.79 Å². The number of carbonyl (C=O) groups is 1. The Kier molecular flexibility index (Phi) is 2.85. The van der Waals surface area contributed by atoms with Crippen molar-refractivity contribution in [3.63, 3.8) is 0 Å². The van der Waals surface area contributed by atoms with Gasteiger partial charge in [0.05, 0.1) is 6.00 Å². The Bertz CT molecular complexity index is 54.8. The Morgan fingerprint density at radius 2 is 2.50 bits per heavy atom. The third-order valence-electron chi connectivity index (χ3n) is 0.316. The smallest absolute Gasteiger partial charge is 0.217 e. The topological polar surface area (TPSA) is 29.1 Å². The van der Waals surface area contributed by atoms with Crippen LogP contribution in [0, 0.1) is 0 Å². The van der Waals surface area contributed by atoms with Crippen LogP contribution in [0.1, 0.15) is 6.92 Å². The van der Waals surface area contributed by atoms with Crippen LogP contribution in [0.5, 0.6) is 0 Å². The highest BCUT2D eigenvalue weighted by Gasteiger charge is 1.80. The molecular weight excluding hydrogens is 101 g/mol. The second kappa shape index (κ2) is 2.97. The zero-order chi connectivity index (χ0) is 4.99. The molecular formula is C3H6ClNO. The van der Waals surface area contributed by atoms with E-state index >= 15 is 0 Å². The molecule has 0 saturated carbocycles. The molecule has 3 heteroatoms. The molecule has 0 rings (SSSR count). The largest absolute Gasteiger partial charge is 0.343 e. The quantitative estimate of drug-likeness (QED) is 0.380. The van der Waals surface area contributed by atoms with Crippen molar-refractivity contribution in [2.75, 3.05) is 6.00 Å². The van der Waals surface area contributed by atoms with Gasteiger partial charge in [0.15, 0.2) is 0 Å². The lowest BCUT2D eigenvalue weighted by atomic mass is 10.7. The maximum Gasteiger partial charge on any atom is 0.217 e. The lowest BCUT2D eigenvalue weighted by Gasteiger charge is -1.87. The number of carbonyl (C=O) groups excluding carboxylic acids is 1. The van der Waals surface area contributed by atoms with Crippen LogP contribution in [0.4, 0.5) is 0 Å². The average Bonchev–Trinajstić information content (AvgIpc) is 1.35. The molecule has 0 spiro atoms. The fourth-order valence-corrected chi connectivity index (χ4v) is 0.282. The highest BCUT2D eigenvalue weighted by atomic mass is 35.5. The molecule has 0 aliphatic rings. The molecule has 36 valence electrons. The van der Waals surface area contributed by atoms with Gasteiger partial charge in [0.1, 0.15) is 0 Å². The number of halogens is 1. The first-order valence-electron chi connectivity index (χ1n) is 1.57. The highest BCUT2D eigenvalue weighted by molar-refractivity contribution is 6.18. The predicted octanol–water partition coefficient (Wildman–Crippen LogP) is 0.319. The minimum Gasteiger partial charge on any atom is -0.343 e. The molecule has 0 aromatic carbocycles. The van der Waals surface area contributed by atoms with E-state index in [2.05, 4.69) is 5.32 Å². The van der Waals surface area contributed by atoms with Crippen molar-refractivity contribution in [3.8, 4) is 0 Å². The minimum absolute atomic E-state index is 0.0926. The van der Waals surface area contributed by atoms with Crippen molar-refractivity contribution < 1.29 is 4.79 Å². The van der Waals surface area contributed by atoms with Crippen molar-refractivity contribution in [2.24, 2.45) is 0 Å². The summed E-state index contributed by atoms with van der Waals surface area (Å²) in [7, 11) is 0. The molecule has 0 fully saturated rings. The van der Waals surface area contributed by atoms with Gasteiger partial charge in [-0.1, -0.05) is 0 Å². The first-order chi connectivity index (χ1) is 2.77. The molecule has 0 aliphatic heterocycles. The van der Waals surface area contributed by atoms with Crippen LogP contribution in [0.2, 0.25) is 0 Å². The third-order valence-corrected chi connectivity index (χ3v) is 0.449. The maximum absolute atomic E-state index is 9.85. The van der Waals surface area contributed by atoms with Gasteiger partial charge in [-0.25, -0.2) is 0 Å². The fourth-order valence-electron chi connectivity index (χ4n) is 0.0941. The van der Waals surface area contributed by atoms with Gasteiger partial charge >= 0.3 is 0 Å². The Balaban J connectivity index is 2.83. The predicted molar refractivity (Wildman–Crippen MR) is 24.5 cm³/mol. The van der Waals surface area contributed by atoms with Gasteiger partial charge in [-0.15, -0.1) is 11.6 Å². The molecule has 0 heterocycles. The SMILES string of the molecule is CC(=O)NCCl. The van der Waals surface area contributed by atoms with Gasteiger partial charge in [-0.05, 0) is 0 Å². The van der Waals surface area contributed by atoms with Crippen LogP contribution in [0.3, 0.4) is 0 Å². The molecule has 0 bridgehead atoms. The van der Waals surface area contributed by atoms with E-state index in [1.54, 1.807) is 0 Å². The second-order valence-electron chi connectivity index (χ2n) is 0.867. The van der Waals surface area contributed by atoms with Crippen LogP contribution in [0.25, 0.3) is 0 Å². The Labute approximate surface area is 41.5 Å². The van der Waals surface area contributed by atoms with Crippen LogP contribution in [0.15, 0.2) is 0 Å². The Morgan fingerprint density at radius 3 is 2.50 bits per heavy atom. The number of amides is 1. The van der Waals surface area contributed by atoms with Crippen LogP contribution < -0.4 is 5.32 Å². The standard InChI is InChI=1S/C3H6ClNO/c1-3(6)5-2-4/h2H2,1H3,(H,5,6). The minimum atomic E-state index is -0.0926. The van der Waals surface area contributed by atoms with Gasteiger partial charge in [-0.2, -0.15) is 0 Å². The summed E-state index contributed by atoms with van der Waals surface area (Å²) in [4.78, 5) is 9.85. The summed E-state index contributed by atoms with van der Waals surface area (Å²) >= 11 is 5.06. The Hall–Kier alpha value is -0.240. The van der Waals surface area contributed by atoms with Gasteiger partial charge in [0, 0.05) is 6.92 Å². The zero-order valence-electron chi connectivity index (χ0n) is 3.49. The summed E-state index contributed by atoms with van der Waals surface area (Å²) in [5.41, 5.74) is 0. The van der Waals surface area contributed by atoms with E-state index in [4.69, 9.17) is 11.6 Å². The van der Waals surface area contributed by atoms with E-state index in [1.807, 2.05) is 0 Å². The molecule has 0 atom stereocenters. The summed E-state index contributed by atoms with van der Waals surface area (Å²) in [5, 5.41) is 2.33. The molecule has 2 nitrogen and oxygen atoms in total. The second-order valence-corrected chi connectivity index (χ2v) is 1.13. The number of hydrogen-bond acceptors (Lipinski definition) is 1. The van der Waals surface area contributed by atoms with E-state index < -0.39 is 0 Å². The van der Waals surface area contributed by atoms with Gasteiger partial charge in [0.2, 0.25) is 5.91 Å². The molecule has 0 aromatic heterocycles. The van der Waals surface area contributed by atoms with Crippen molar-refractivity contribution in [1.29, 1.82) is 0 Å². The van der Waals surface area contributed by atoms with Crippen LogP contribution in [-0.4, -0.2) is 11.9 Å². The number of nitrogens with one attached hydrogen (secondary N) is 1. The van der Waals surface area contributed by atoms with Crippen LogP contribution in [-0.2, 0) is 4.79 Å². The molecule has 0 aliphatic carbocycles. The monoisotopic (exact) mass is 107 g/mol. The molecule has 0 saturated heterocycles. The summed E-state index contributed by atoms with van der Waals surface area (Å²) in [6.07, 6.45) is 0. The molecule has 0 aromatic rings. The van der Waals surface area contributed by atoms with Gasteiger partial charge in [-0.3, -0.25) is 4.79 Å². The third kappa shape index (κ3) is 3.76. The van der Waals surface area contributed by atoms with Crippen molar-refractivity contribution in [2.45, 2.75) is 6.92 Å². The molecule has 0 unspecified atom stereocenters. The number of hydrogen-bond donors (Lipinski definition) is 1.